The lowest BCUT2D eigenvalue weighted by atomic mass is 10.1. The molecule has 21 heavy (non-hydrogen) atoms. The third-order valence-corrected chi connectivity index (χ3v) is 7.33. The fourth-order valence-electron chi connectivity index (χ4n) is 2.54. The van der Waals surface area contributed by atoms with Crippen LogP contribution in [0, 0.1) is 12.8 Å². The van der Waals surface area contributed by atoms with Gasteiger partial charge in [0.1, 0.15) is 4.21 Å². The summed E-state index contributed by atoms with van der Waals surface area (Å²) in [4.78, 5) is 1.10. The van der Waals surface area contributed by atoms with Crippen LogP contribution in [0.4, 0.5) is 0 Å². The smallest absolute Gasteiger partial charge is 0.252 e. The Kier molecular flexibility index (Phi) is 5.79. The molecule has 0 bridgehead atoms. The van der Waals surface area contributed by atoms with Crippen molar-refractivity contribution in [3.05, 3.63) is 16.5 Å². The molecule has 2 heterocycles. The van der Waals surface area contributed by atoms with Crippen LogP contribution in [0.3, 0.4) is 0 Å². The number of hydrogen-bond acceptors (Lipinski definition) is 5. The zero-order valence-corrected chi connectivity index (χ0v) is 14.5. The molecular weight excluding hydrogens is 308 g/mol. The lowest BCUT2D eigenvalue weighted by Crippen LogP contribution is -2.28. The van der Waals surface area contributed by atoms with Crippen LogP contribution in [0.15, 0.2) is 10.3 Å². The molecule has 0 aliphatic carbocycles. The SMILES string of the molecule is CCNCc1sc(S(=O)(=O)N2CCC(COC)C2)cc1C. The first-order valence-corrected chi connectivity index (χ1v) is 9.53. The maximum absolute atomic E-state index is 12.7. The first-order valence-electron chi connectivity index (χ1n) is 7.28. The van der Waals surface area contributed by atoms with Crippen molar-refractivity contribution < 1.29 is 13.2 Å². The zero-order valence-electron chi connectivity index (χ0n) is 12.9. The standard InChI is InChI=1S/C14H24N2O3S2/c1-4-15-8-13-11(2)7-14(20-13)21(17,18)16-6-5-12(9-16)10-19-3/h7,12,15H,4-6,8-10H2,1-3H3. The van der Waals surface area contributed by atoms with Crippen LogP contribution in [0.5, 0.6) is 0 Å². The lowest BCUT2D eigenvalue weighted by Gasteiger charge is -2.15. The number of aryl methyl sites for hydroxylation is 1. The monoisotopic (exact) mass is 332 g/mol. The predicted octanol–water partition coefficient (Wildman–Crippen LogP) is 1.82. The van der Waals surface area contributed by atoms with E-state index in [1.807, 2.05) is 13.8 Å². The highest BCUT2D eigenvalue weighted by Gasteiger charge is 2.33. The summed E-state index contributed by atoms with van der Waals surface area (Å²) in [5.74, 6) is 0.312. The van der Waals surface area contributed by atoms with Crippen molar-refractivity contribution >= 4 is 21.4 Å². The van der Waals surface area contributed by atoms with Gasteiger partial charge in [-0.05, 0) is 37.4 Å². The Labute approximate surface area is 131 Å². The second kappa shape index (κ2) is 7.19. The van der Waals surface area contributed by atoms with Crippen molar-refractivity contribution in [1.29, 1.82) is 0 Å². The molecule has 0 amide bonds. The molecule has 5 nitrogen and oxygen atoms in total. The van der Waals surface area contributed by atoms with Crippen LogP contribution >= 0.6 is 11.3 Å². The quantitative estimate of drug-likeness (QED) is 0.827. The topological polar surface area (TPSA) is 58.6 Å². The second-order valence-corrected chi connectivity index (χ2v) is 8.73. The summed E-state index contributed by atoms with van der Waals surface area (Å²) >= 11 is 1.38. The van der Waals surface area contributed by atoms with Gasteiger partial charge in [-0.25, -0.2) is 8.42 Å². The molecule has 120 valence electrons. The first kappa shape index (κ1) is 16.9. The van der Waals surface area contributed by atoms with E-state index in [2.05, 4.69) is 5.32 Å². The molecule has 1 aliphatic heterocycles. The van der Waals surface area contributed by atoms with E-state index in [0.717, 1.165) is 30.0 Å². The minimum atomic E-state index is -3.35. The summed E-state index contributed by atoms with van der Waals surface area (Å²) in [6.07, 6.45) is 0.877. The Morgan fingerprint density at radius 1 is 1.52 bits per heavy atom. The molecule has 1 aliphatic rings. The van der Waals surface area contributed by atoms with Gasteiger partial charge in [0.2, 0.25) is 0 Å². The van der Waals surface area contributed by atoms with Crippen LogP contribution in [0.25, 0.3) is 0 Å². The van der Waals surface area contributed by atoms with Crippen molar-refractivity contribution in [2.24, 2.45) is 5.92 Å². The van der Waals surface area contributed by atoms with E-state index in [1.165, 1.54) is 11.3 Å². The molecule has 1 aromatic heterocycles. The number of nitrogens with one attached hydrogen (secondary N) is 1. The minimum absolute atomic E-state index is 0.312. The third-order valence-electron chi connectivity index (χ3n) is 3.78. The average Bonchev–Trinajstić information content (AvgIpc) is 3.05. The summed E-state index contributed by atoms with van der Waals surface area (Å²) in [5, 5.41) is 3.25. The van der Waals surface area contributed by atoms with Gasteiger partial charge in [0.05, 0.1) is 6.61 Å². The van der Waals surface area contributed by atoms with Crippen molar-refractivity contribution in [3.8, 4) is 0 Å². The predicted molar refractivity (Wildman–Crippen MR) is 85.2 cm³/mol. The van der Waals surface area contributed by atoms with E-state index in [4.69, 9.17) is 4.74 Å². The maximum Gasteiger partial charge on any atom is 0.252 e. The fourth-order valence-corrected chi connectivity index (χ4v) is 5.79. The summed E-state index contributed by atoms with van der Waals surface area (Å²) < 4.78 is 32.6. The van der Waals surface area contributed by atoms with Gasteiger partial charge in [0.15, 0.2) is 0 Å². The lowest BCUT2D eigenvalue weighted by molar-refractivity contribution is 0.157. The zero-order chi connectivity index (χ0) is 15.5. The number of methoxy groups -OCH3 is 1. The molecule has 0 saturated carbocycles. The largest absolute Gasteiger partial charge is 0.384 e. The molecule has 1 aromatic rings. The molecule has 1 fully saturated rings. The normalized spacial score (nSPS) is 20.2. The summed E-state index contributed by atoms with van der Waals surface area (Å²) in [5.41, 5.74) is 1.05. The van der Waals surface area contributed by atoms with Gasteiger partial charge in [0, 0.05) is 31.6 Å². The molecule has 0 spiro atoms. The summed E-state index contributed by atoms with van der Waals surface area (Å²) in [6.45, 7) is 7.41. The highest BCUT2D eigenvalue weighted by molar-refractivity contribution is 7.91. The van der Waals surface area contributed by atoms with Gasteiger partial charge in [0.25, 0.3) is 10.0 Å². The number of nitrogens with zero attached hydrogens (tertiary/aromatic N) is 1. The van der Waals surface area contributed by atoms with E-state index < -0.39 is 10.0 Å². The van der Waals surface area contributed by atoms with Gasteiger partial charge < -0.3 is 10.1 Å². The van der Waals surface area contributed by atoms with E-state index in [0.29, 0.717) is 29.8 Å². The highest BCUT2D eigenvalue weighted by Crippen LogP contribution is 2.31. The van der Waals surface area contributed by atoms with Crippen LogP contribution in [0.2, 0.25) is 0 Å². The Hall–Kier alpha value is -0.470. The van der Waals surface area contributed by atoms with Crippen molar-refractivity contribution in [1.82, 2.24) is 9.62 Å². The molecule has 7 heteroatoms. The summed E-state index contributed by atoms with van der Waals surface area (Å²) in [7, 11) is -1.69. The van der Waals surface area contributed by atoms with Crippen LogP contribution in [0.1, 0.15) is 23.8 Å². The van der Waals surface area contributed by atoms with Crippen LogP contribution in [-0.4, -0.2) is 46.1 Å². The number of hydrogen-bond donors (Lipinski definition) is 1. The molecule has 1 unspecified atom stereocenters. The Morgan fingerprint density at radius 3 is 2.95 bits per heavy atom. The van der Waals surface area contributed by atoms with Gasteiger partial charge in [-0.15, -0.1) is 11.3 Å². The van der Waals surface area contributed by atoms with E-state index >= 15 is 0 Å². The average molecular weight is 332 g/mol. The van der Waals surface area contributed by atoms with Crippen LogP contribution in [-0.2, 0) is 21.3 Å². The number of rotatable bonds is 7. The maximum atomic E-state index is 12.7. The number of sulfonamides is 1. The van der Waals surface area contributed by atoms with Crippen LogP contribution < -0.4 is 5.32 Å². The molecular formula is C14H24N2O3S2. The highest BCUT2D eigenvalue weighted by atomic mass is 32.2. The second-order valence-electron chi connectivity index (χ2n) is 5.43. The first-order chi connectivity index (χ1) is 9.98. The van der Waals surface area contributed by atoms with Gasteiger partial charge in [-0.3, -0.25) is 0 Å². The minimum Gasteiger partial charge on any atom is -0.384 e. The van der Waals surface area contributed by atoms with Gasteiger partial charge >= 0.3 is 0 Å². The summed E-state index contributed by atoms with van der Waals surface area (Å²) in [6, 6.07) is 1.80. The molecule has 1 N–H and O–H groups in total. The van der Waals surface area contributed by atoms with E-state index in [9.17, 15) is 8.42 Å². The Balaban J connectivity index is 2.13. The molecule has 0 aromatic carbocycles. The van der Waals surface area contributed by atoms with Crippen molar-refractivity contribution in [3.63, 3.8) is 0 Å². The Morgan fingerprint density at radius 2 is 2.29 bits per heavy atom. The van der Waals surface area contributed by atoms with Crippen molar-refractivity contribution in [2.75, 3.05) is 33.4 Å². The van der Waals surface area contributed by atoms with Crippen molar-refractivity contribution in [2.45, 2.75) is 31.0 Å². The molecule has 2 rings (SSSR count). The van der Waals surface area contributed by atoms with E-state index in [-0.39, 0.29) is 0 Å². The van der Waals surface area contributed by atoms with Gasteiger partial charge in [-0.1, -0.05) is 6.92 Å². The fraction of sp³-hybridized carbons (Fsp3) is 0.714. The van der Waals surface area contributed by atoms with Gasteiger partial charge in [-0.2, -0.15) is 4.31 Å². The Bertz CT molecular complexity index is 569. The molecule has 1 saturated heterocycles. The number of ether oxygens (including phenoxy) is 1. The van der Waals surface area contributed by atoms with E-state index in [1.54, 1.807) is 17.5 Å². The molecule has 0 radical (unpaired) electrons. The molecule has 1 atom stereocenters. The number of thiophene rings is 1. The third kappa shape index (κ3) is 3.84.